The summed E-state index contributed by atoms with van der Waals surface area (Å²) in [4.78, 5) is 0. The molecule has 0 spiro atoms. The Labute approximate surface area is 97.4 Å². The molecule has 2 atom stereocenters. The van der Waals surface area contributed by atoms with Crippen LogP contribution < -0.4 is 0 Å². The summed E-state index contributed by atoms with van der Waals surface area (Å²) in [5.41, 5.74) is 1.03. The molecule has 0 aliphatic rings. The van der Waals surface area contributed by atoms with Crippen LogP contribution in [0.2, 0.25) is 0 Å². The molecular formula is C13H19ClO. The topological polar surface area (TPSA) is 9.23 Å². The Hall–Kier alpha value is -0.530. The number of halogens is 1. The van der Waals surface area contributed by atoms with Crippen LogP contribution in [0.4, 0.5) is 0 Å². The number of hydrogen-bond donors (Lipinski definition) is 0. The second-order valence-electron chi connectivity index (χ2n) is 4.84. The first kappa shape index (κ1) is 12.5. The Bertz CT molecular complexity index is 289. The number of alkyl halides is 1. The van der Waals surface area contributed by atoms with Gasteiger partial charge in [-0.25, -0.2) is 0 Å². The zero-order valence-electron chi connectivity index (χ0n) is 9.83. The summed E-state index contributed by atoms with van der Waals surface area (Å²) in [6.45, 7) is 6.54. The van der Waals surface area contributed by atoms with Crippen LogP contribution in [0.3, 0.4) is 0 Å². The van der Waals surface area contributed by atoms with Gasteiger partial charge in [-0.2, -0.15) is 0 Å². The van der Waals surface area contributed by atoms with Crippen LogP contribution >= 0.6 is 11.6 Å². The molecule has 0 radical (unpaired) electrons. The fourth-order valence-electron chi connectivity index (χ4n) is 1.84. The van der Waals surface area contributed by atoms with Crippen LogP contribution in [-0.2, 0) is 4.74 Å². The maximum atomic E-state index is 6.23. The number of hydrogen-bond acceptors (Lipinski definition) is 1. The fourth-order valence-corrected chi connectivity index (χ4v) is 2.36. The van der Waals surface area contributed by atoms with Crippen molar-refractivity contribution >= 4 is 11.6 Å². The zero-order chi connectivity index (χ0) is 11.5. The molecular weight excluding hydrogens is 208 g/mol. The highest BCUT2D eigenvalue weighted by atomic mass is 35.5. The van der Waals surface area contributed by atoms with Gasteiger partial charge in [0.15, 0.2) is 0 Å². The van der Waals surface area contributed by atoms with Crippen LogP contribution in [0.5, 0.6) is 0 Å². The van der Waals surface area contributed by atoms with E-state index in [1.807, 2.05) is 18.2 Å². The highest BCUT2D eigenvalue weighted by molar-refractivity contribution is 6.20. The van der Waals surface area contributed by atoms with E-state index in [9.17, 15) is 0 Å². The van der Waals surface area contributed by atoms with Crippen LogP contribution in [0, 0.1) is 5.41 Å². The molecule has 0 N–H and O–H groups in total. The molecule has 84 valence electrons. The molecule has 0 saturated carbocycles. The summed E-state index contributed by atoms with van der Waals surface area (Å²) in [5.74, 6) is 0.199. The Morgan fingerprint density at radius 2 is 1.67 bits per heavy atom. The van der Waals surface area contributed by atoms with Gasteiger partial charge >= 0.3 is 0 Å². The Morgan fingerprint density at radius 1 is 1.13 bits per heavy atom. The van der Waals surface area contributed by atoms with Gasteiger partial charge in [-0.3, -0.25) is 0 Å². The van der Waals surface area contributed by atoms with Crippen LogP contribution in [-0.4, -0.2) is 12.7 Å². The average molecular weight is 227 g/mol. The van der Waals surface area contributed by atoms with Crippen molar-refractivity contribution in [3.05, 3.63) is 35.9 Å². The van der Waals surface area contributed by atoms with E-state index in [1.165, 1.54) is 5.56 Å². The molecule has 1 nitrogen and oxygen atoms in total. The van der Waals surface area contributed by atoms with Crippen molar-refractivity contribution in [1.82, 2.24) is 0 Å². The summed E-state index contributed by atoms with van der Waals surface area (Å²) >= 11 is 6.23. The molecule has 1 aromatic rings. The second kappa shape index (κ2) is 5.00. The predicted octanol–water partition coefficient (Wildman–Crippen LogP) is 4.03. The van der Waals surface area contributed by atoms with E-state index in [4.69, 9.17) is 16.3 Å². The van der Waals surface area contributed by atoms with Crippen LogP contribution in [0.25, 0.3) is 0 Å². The van der Waals surface area contributed by atoms with Gasteiger partial charge in [-0.1, -0.05) is 62.7 Å². The summed E-state index contributed by atoms with van der Waals surface area (Å²) in [5, 5.41) is 0. The van der Waals surface area contributed by atoms with Crippen molar-refractivity contribution in [3.63, 3.8) is 0 Å². The average Bonchev–Trinajstić information content (AvgIpc) is 2.17. The molecule has 2 heteroatoms. The van der Waals surface area contributed by atoms with Gasteiger partial charge in [-0.15, -0.1) is 0 Å². The molecule has 1 aromatic carbocycles. The van der Waals surface area contributed by atoms with E-state index in [2.05, 4.69) is 32.9 Å². The molecule has 0 fully saturated rings. The van der Waals surface area contributed by atoms with Gasteiger partial charge < -0.3 is 4.74 Å². The minimum Gasteiger partial charge on any atom is -0.365 e. The largest absolute Gasteiger partial charge is 0.365 e. The number of methoxy groups -OCH3 is 1. The smallest absolute Gasteiger partial charge is 0.138 e. The zero-order valence-corrected chi connectivity index (χ0v) is 10.6. The molecule has 0 bridgehead atoms. The summed E-state index contributed by atoms with van der Waals surface area (Å²) in [7, 11) is 1.65. The van der Waals surface area contributed by atoms with Gasteiger partial charge in [0.25, 0.3) is 0 Å². The van der Waals surface area contributed by atoms with E-state index >= 15 is 0 Å². The summed E-state index contributed by atoms with van der Waals surface area (Å²) < 4.78 is 5.26. The minimum atomic E-state index is -0.285. The van der Waals surface area contributed by atoms with E-state index in [-0.39, 0.29) is 16.9 Å². The molecule has 2 unspecified atom stereocenters. The van der Waals surface area contributed by atoms with Crippen molar-refractivity contribution in [2.45, 2.75) is 32.3 Å². The highest BCUT2D eigenvalue weighted by Gasteiger charge is 2.32. The number of benzene rings is 1. The third-order valence-electron chi connectivity index (χ3n) is 2.58. The van der Waals surface area contributed by atoms with E-state index < -0.39 is 0 Å². The maximum absolute atomic E-state index is 6.23. The van der Waals surface area contributed by atoms with Gasteiger partial charge in [0.1, 0.15) is 5.56 Å². The normalized spacial score (nSPS) is 16.1. The molecule has 0 saturated heterocycles. The van der Waals surface area contributed by atoms with E-state index in [0.717, 1.165) is 0 Å². The first-order valence-corrected chi connectivity index (χ1v) is 5.62. The summed E-state index contributed by atoms with van der Waals surface area (Å²) in [6.07, 6.45) is 0. The molecule has 15 heavy (non-hydrogen) atoms. The number of ether oxygens (including phenoxy) is 1. The molecule has 0 heterocycles. The first-order chi connectivity index (χ1) is 6.96. The fraction of sp³-hybridized carbons (Fsp3) is 0.538. The van der Waals surface area contributed by atoms with Crippen molar-refractivity contribution in [3.8, 4) is 0 Å². The van der Waals surface area contributed by atoms with Crippen molar-refractivity contribution in [2.24, 2.45) is 5.41 Å². The maximum Gasteiger partial charge on any atom is 0.138 e. The lowest BCUT2D eigenvalue weighted by Gasteiger charge is -2.33. The lowest BCUT2D eigenvalue weighted by atomic mass is 9.77. The Morgan fingerprint density at radius 3 is 2.07 bits per heavy atom. The van der Waals surface area contributed by atoms with Crippen molar-refractivity contribution in [2.75, 3.05) is 7.11 Å². The minimum absolute atomic E-state index is 0.0871. The van der Waals surface area contributed by atoms with Crippen LogP contribution in [0.15, 0.2) is 30.3 Å². The standard InChI is InChI=1S/C13H19ClO/c1-13(2,3)11(12(14)15-4)10-8-6-5-7-9-10/h5-9,11-12H,1-4H3. The third kappa shape index (κ3) is 3.22. The van der Waals surface area contributed by atoms with Gasteiger partial charge in [0.05, 0.1) is 0 Å². The summed E-state index contributed by atoms with van der Waals surface area (Å²) in [6, 6.07) is 10.3. The Kier molecular flexibility index (Phi) is 4.18. The molecule has 1 rings (SSSR count). The first-order valence-electron chi connectivity index (χ1n) is 5.18. The monoisotopic (exact) mass is 226 g/mol. The third-order valence-corrected chi connectivity index (χ3v) is 3.01. The molecule has 0 aromatic heterocycles. The lowest BCUT2D eigenvalue weighted by Crippen LogP contribution is -2.27. The van der Waals surface area contributed by atoms with Crippen LogP contribution in [0.1, 0.15) is 32.3 Å². The molecule has 0 aliphatic heterocycles. The molecule has 0 amide bonds. The Balaban J connectivity index is 3.02. The quantitative estimate of drug-likeness (QED) is 0.708. The second-order valence-corrected chi connectivity index (χ2v) is 5.27. The van der Waals surface area contributed by atoms with Gasteiger partial charge in [0, 0.05) is 13.0 Å². The van der Waals surface area contributed by atoms with Crippen molar-refractivity contribution < 1.29 is 4.74 Å². The lowest BCUT2D eigenvalue weighted by molar-refractivity contribution is 0.100. The van der Waals surface area contributed by atoms with E-state index in [1.54, 1.807) is 7.11 Å². The van der Waals surface area contributed by atoms with Gasteiger partial charge in [0.2, 0.25) is 0 Å². The highest BCUT2D eigenvalue weighted by Crippen LogP contribution is 2.39. The predicted molar refractivity (Wildman–Crippen MR) is 65.3 cm³/mol. The van der Waals surface area contributed by atoms with Crippen molar-refractivity contribution in [1.29, 1.82) is 0 Å². The molecule has 0 aliphatic carbocycles. The SMILES string of the molecule is COC(Cl)C(c1ccccc1)C(C)(C)C. The van der Waals surface area contributed by atoms with E-state index in [0.29, 0.717) is 0 Å². The number of rotatable bonds is 3. The van der Waals surface area contributed by atoms with Gasteiger partial charge in [-0.05, 0) is 11.0 Å².